The molecular formula is C15H21NO2. The molecule has 3 heteroatoms. The molecule has 0 spiro atoms. The molecular weight excluding hydrogens is 226 g/mol. The fourth-order valence-electron chi connectivity index (χ4n) is 2.51. The van der Waals surface area contributed by atoms with E-state index in [0.29, 0.717) is 0 Å². The summed E-state index contributed by atoms with van der Waals surface area (Å²) in [5.41, 5.74) is 3.03. The lowest BCUT2D eigenvalue weighted by Crippen LogP contribution is -2.18. The molecule has 3 nitrogen and oxygen atoms in total. The van der Waals surface area contributed by atoms with E-state index in [0.717, 1.165) is 49.1 Å². The number of ether oxygens (including phenoxy) is 1. The zero-order valence-corrected chi connectivity index (χ0v) is 11.1. The van der Waals surface area contributed by atoms with Crippen molar-refractivity contribution in [3.8, 4) is 5.75 Å². The second-order valence-electron chi connectivity index (χ2n) is 4.74. The third-order valence-electron chi connectivity index (χ3n) is 3.61. The highest BCUT2D eigenvalue weighted by Crippen LogP contribution is 2.31. The van der Waals surface area contributed by atoms with Crippen molar-refractivity contribution >= 4 is 5.71 Å². The summed E-state index contributed by atoms with van der Waals surface area (Å²) in [6, 6.07) is 6.02. The van der Waals surface area contributed by atoms with E-state index in [1.165, 1.54) is 5.56 Å². The maximum absolute atomic E-state index is 9.05. The maximum Gasteiger partial charge on any atom is 0.123 e. The topological polar surface area (TPSA) is 41.8 Å². The summed E-state index contributed by atoms with van der Waals surface area (Å²) in [6.07, 6.45) is 5.17. The number of fused-ring (bicyclic) bond motifs is 1. The first-order valence-corrected chi connectivity index (χ1v) is 6.80. The van der Waals surface area contributed by atoms with Crippen LogP contribution >= 0.6 is 0 Å². The Balaban J connectivity index is 2.32. The van der Waals surface area contributed by atoms with Gasteiger partial charge < -0.3 is 9.94 Å². The first-order valence-electron chi connectivity index (χ1n) is 6.80. The zero-order chi connectivity index (χ0) is 13.0. The van der Waals surface area contributed by atoms with Gasteiger partial charge in [0.1, 0.15) is 5.75 Å². The van der Waals surface area contributed by atoms with Crippen LogP contribution < -0.4 is 4.74 Å². The summed E-state index contributed by atoms with van der Waals surface area (Å²) in [5.74, 6) is 0.960. The van der Waals surface area contributed by atoms with Crippen LogP contribution in [-0.4, -0.2) is 17.0 Å². The lowest BCUT2D eigenvalue weighted by atomic mass is 9.89. The number of oxime groups is 1. The maximum atomic E-state index is 9.05. The normalized spacial score (nSPS) is 16.9. The largest absolute Gasteiger partial charge is 0.490 e. The number of hydrogen-bond acceptors (Lipinski definition) is 3. The van der Waals surface area contributed by atoms with Crippen molar-refractivity contribution in [1.82, 2.24) is 0 Å². The van der Waals surface area contributed by atoms with E-state index in [9.17, 15) is 0 Å². The standard InChI is InChI=1S/C15H21NO2/c1-3-11(4-2)18-15-10-6-7-12-13(15)8-5-9-14(12)16-17/h6-7,10-11,17H,3-5,8-9H2,1-2H3. The van der Waals surface area contributed by atoms with Crippen molar-refractivity contribution in [1.29, 1.82) is 0 Å². The van der Waals surface area contributed by atoms with E-state index in [2.05, 4.69) is 19.0 Å². The second kappa shape index (κ2) is 5.89. The smallest absolute Gasteiger partial charge is 0.123 e. The van der Waals surface area contributed by atoms with Gasteiger partial charge in [0.15, 0.2) is 0 Å². The van der Waals surface area contributed by atoms with Gasteiger partial charge in [-0.15, -0.1) is 0 Å². The van der Waals surface area contributed by atoms with Crippen molar-refractivity contribution in [3.05, 3.63) is 29.3 Å². The molecule has 0 radical (unpaired) electrons. The van der Waals surface area contributed by atoms with Gasteiger partial charge in [-0.3, -0.25) is 0 Å². The van der Waals surface area contributed by atoms with Crippen LogP contribution in [0.25, 0.3) is 0 Å². The van der Waals surface area contributed by atoms with Crippen LogP contribution in [0.2, 0.25) is 0 Å². The molecule has 0 amide bonds. The minimum atomic E-state index is 0.271. The Kier molecular flexibility index (Phi) is 4.24. The summed E-state index contributed by atoms with van der Waals surface area (Å²) >= 11 is 0. The molecule has 0 saturated carbocycles. The number of hydrogen-bond donors (Lipinski definition) is 1. The molecule has 0 fully saturated rings. The second-order valence-corrected chi connectivity index (χ2v) is 4.74. The van der Waals surface area contributed by atoms with Gasteiger partial charge in [-0.05, 0) is 38.2 Å². The van der Waals surface area contributed by atoms with Crippen molar-refractivity contribution in [3.63, 3.8) is 0 Å². The fourth-order valence-corrected chi connectivity index (χ4v) is 2.51. The monoisotopic (exact) mass is 247 g/mol. The van der Waals surface area contributed by atoms with E-state index in [1.54, 1.807) is 0 Å². The molecule has 1 aliphatic rings. The third-order valence-corrected chi connectivity index (χ3v) is 3.61. The van der Waals surface area contributed by atoms with Gasteiger partial charge in [-0.2, -0.15) is 0 Å². The molecule has 1 aromatic rings. The van der Waals surface area contributed by atoms with Gasteiger partial charge in [-0.1, -0.05) is 31.1 Å². The predicted octanol–water partition coefficient (Wildman–Crippen LogP) is 3.77. The van der Waals surface area contributed by atoms with E-state index < -0.39 is 0 Å². The summed E-state index contributed by atoms with van der Waals surface area (Å²) in [4.78, 5) is 0. The van der Waals surface area contributed by atoms with Crippen LogP contribution in [0.5, 0.6) is 5.75 Å². The van der Waals surface area contributed by atoms with Crippen molar-refractivity contribution in [2.24, 2.45) is 5.16 Å². The van der Waals surface area contributed by atoms with E-state index in [1.807, 2.05) is 18.2 Å². The Bertz CT molecular complexity index is 436. The van der Waals surface area contributed by atoms with Crippen molar-refractivity contribution in [2.45, 2.75) is 52.1 Å². The third kappa shape index (κ3) is 2.50. The molecule has 98 valence electrons. The summed E-state index contributed by atoms with van der Waals surface area (Å²) in [7, 11) is 0. The Morgan fingerprint density at radius 2 is 2.06 bits per heavy atom. The van der Waals surface area contributed by atoms with E-state index >= 15 is 0 Å². The highest BCUT2D eigenvalue weighted by molar-refractivity contribution is 6.02. The van der Waals surface area contributed by atoms with Gasteiger partial charge in [0.25, 0.3) is 0 Å². The molecule has 0 heterocycles. The zero-order valence-electron chi connectivity index (χ0n) is 11.1. The van der Waals surface area contributed by atoms with Gasteiger partial charge in [0, 0.05) is 11.1 Å². The Morgan fingerprint density at radius 1 is 1.28 bits per heavy atom. The Hall–Kier alpha value is -1.51. The van der Waals surface area contributed by atoms with Crippen LogP contribution in [0.1, 0.15) is 50.7 Å². The summed E-state index contributed by atoms with van der Waals surface area (Å²) in [5, 5.41) is 12.5. The van der Waals surface area contributed by atoms with Crippen LogP contribution in [0.15, 0.2) is 23.4 Å². The van der Waals surface area contributed by atoms with Crippen LogP contribution in [0, 0.1) is 0 Å². The summed E-state index contributed by atoms with van der Waals surface area (Å²) < 4.78 is 6.07. The minimum absolute atomic E-state index is 0.271. The molecule has 1 aliphatic carbocycles. The van der Waals surface area contributed by atoms with E-state index in [-0.39, 0.29) is 6.10 Å². The van der Waals surface area contributed by atoms with E-state index in [4.69, 9.17) is 9.94 Å². The number of benzene rings is 1. The van der Waals surface area contributed by atoms with Crippen LogP contribution in [0.3, 0.4) is 0 Å². The molecule has 2 rings (SSSR count). The first-order chi connectivity index (χ1) is 8.80. The molecule has 1 N–H and O–H groups in total. The molecule has 1 aromatic carbocycles. The van der Waals surface area contributed by atoms with Gasteiger partial charge in [-0.25, -0.2) is 0 Å². The average Bonchev–Trinajstić information content (AvgIpc) is 2.44. The molecule has 0 aromatic heterocycles. The van der Waals surface area contributed by atoms with Crippen molar-refractivity contribution in [2.75, 3.05) is 0 Å². The Morgan fingerprint density at radius 3 is 2.72 bits per heavy atom. The SMILES string of the molecule is CCC(CC)Oc1cccc2c1CCCC2=NO. The fraction of sp³-hybridized carbons (Fsp3) is 0.533. The highest BCUT2D eigenvalue weighted by atomic mass is 16.5. The van der Waals surface area contributed by atoms with Gasteiger partial charge in [0.2, 0.25) is 0 Å². The van der Waals surface area contributed by atoms with Crippen LogP contribution in [0.4, 0.5) is 0 Å². The highest BCUT2D eigenvalue weighted by Gasteiger charge is 2.20. The lowest BCUT2D eigenvalue weighted by Gasteiger charge is -2.23. The van der Waals surface area contributed by atoms with Gasteiger partial charge >= 0.3 is 0 Å². The molecule has 0 aliphatic heterocycles. The van der Waals surface area contributed by atoms with Crippen molar-refractivity contribution < 1.29 is 9.94 Å². The lowest BCUT2D eigenvalue weighted by molar-refractivity contribution is 0.190. The molecule has 0 saturated heterocycles. The predicted molar refractivity (Wildman–Crippen MR) is 72.7 cm³/mol. The molecule has 18 heavy (non-hydrogen) atoms. The minimum Gasteiger partial charge on any atom is -0.490 e. The molecule has 0 atom stereocenters. The number of nitrogens with zero attached hydrogens (tertiary/aromatic N) is 1. The summed E-state index contributed by atoms with van der Waals surface area (Å²) in [6.45, 7) is 4.29. The number of rotatable bonds is 4. The molecule has 0 bridgehead atoms. The first kappa shape index (κ1) is 12.9. The van der Waals surface area contributed by atoms with Crippen LogP contribution in [-0.2, 0) is 6.42 Å². The molecule has 0 unspecified atom stereocenters. The quantitative estimate of drug-likeness (QED) is 0.650. The Labute approximate surface area is 108 Å². The average molecular weight is 247 g/mol. The van der Waals surface area contributed by atoms with Gasteiger partial charge in [0.05, 0.1) is 11.8 Å².